The van der Waals surface area contributed by atoms with Gasteiger partial charge in [-0.25, -0.2) is 4.79 Å². The highest BCUT2D eigenvalue weighted by molar-refractivity contribution is 5.99. The first kappa shape index (κ1) is 35.2. The number of likely N-dealkylation sites (tertiary alicyclic amines) is 1. The normalized spacial score (nSPS) is 13.8. The van der Waals surface area contributed by atoms with Crippen molar-refractivity contribution in [2.45, 2.75) is 51.7 Å². The molecule has 1 heterocycles. The van der Waals surface area contributed by atoms with Crippen molar-refractivity contribution in [3.63, 3.8) is 0 Å². The fourth-order valence-corrected chi connectivity index (χ4v) is 5.37. The second-order valence-electron chi connectivity index (χ2n) is 12.7. The summed E-state index contributed by atoms with van der Waals surface area (Å²) >= 11 is 0. The first-order chi connectivity index (χ1) is 22.5. The summed E-state index contributed by atoms with van der Waals surface area (Å²) in [4.78, 5) is 54.3. The molecule has 0 unspecified atom stereocenters. The summed E-state index contributed by atoms with van der Waals surface area (Å²) in [6.07, 6.45) is 1.05. The largest absolute Gasteiger partial charge is 0.462 e. The van der Waals surface area contributed by atoms with E-state index in [1.807, 2.05) is 54.6 Å². The number of esters is 1. The van der Waals surface area contributed by atoms with Gasteiger partial charge in [-0.1, -0.05) is 60.7 Å². The molecule has 2 N–H and O–H groups in total. The fraction of sp³-hybridized carbons (Fsp3) is 0.405. The van der Waals surface area contributed by atoms with Crippen LogP contribution in [0.1, 0.15) is 59.9 Å². The maximum atomic E-state index is 13.1. The van der Waals surface area contributed by atoms with E-state index in [-0.39, 0.29) is 43.4 Å². The predicted molar refractivity (Wildman–Crippen MR) is 181 cm³/mol. The molecule has 0 spiro atoms. The molecule has 3 amide bonds. The number of ether oxygens (including phenoxy) is 2. The smallest absolute Gasteiger partial charge is 0.407 e. The molecule has 3 aromatic rings. The van der Waals surface area contributed by atoms with Crippen LogP contribution < -0.4 is 10.6 Å². The second-order valence-corrected chi connectivity index (χ2v) is 12.7. The number of carbonyl (C=O) groups is 4. The van der Waals surface area contributed by atoms with Gasteiger partial charge in [0.2, 0.25) is 0 Å². The van der Waals surface area contributed by atoms with Crippen molar-refractivity contribution in [2.75, 3.05) is 46.3 Å². The highest BCUT2D eigenvalue weighted by atomic mass is 16.6. The molecular weight excluding hydrogens is 596 g/mol. The third-order valence-corrected chi connectivity index (χ3v) is 7.82. The summed E-state index contributed by atoms with van der Waals surface area (Å²) in [6.45, 7) is 8.52. The van der Waals surface area contributed by atoms with E-state index < -0.39 is 11.7 Å². The molecule has 0 radical (unpaired) electrons. The predicted octanol–water partition coefficient (Wildman–Crippen LogP) is 4.93. The Labute approximate surface area is 277 Å². The van der Waals surface area contributed by atoms with Crippen LogP contribution in [-0.2, 0) is 20.7 Å². The fourth-order valence-electron chi connectivity index (χ4n) is 5.37. The Morgan fingerprint density at radius 3 is 2.23 bits per heavy atom. The van der Waals surface area contributed by atoms with Crippen LogP contribution in [0.15, 0.2) is 78.9 Å². The van der Waals surface area contributed by atoms with Gasteiger partial charge in [-0.15, -0.1) is 0 Å². The molecule has 1 saturated heterocycles. The molecule has 0 saturated carbocycles. The van der Waals surface area contributed by atoms with E-state index in [0.717, 1.165) is 42.6 Å². The molecular formula is C37H46N4O6. The number of piperidine rings is 1. The Kier molecular flexibility index (Phi) is 12.5. The number of amides is 3. The van der Waals surface area contributed by atoms with Crippen LogP contribution in [0.5, 0.6) is 0 Å². The maximum Gasteiger partial charge on any atom is 0.407 e. The van der Waals surface area contributed by atoms with Crippen LogP contribution in [-0.4, -0.2) is 91.7 Å². The molecule has 10 heteroatoms. The molecule has 3 aromatic carbocycles. The lowest BCUT2D eigenvalue weighted by Crippen LogP contribution is -2.42. The van der Waals surface area contributed by atoms with Crippen molar-refractivity contribution in [2.24, 2.45) is 0 Å². The Morgan fingerprint density at radius 2 is 1.51 bits per heavy atom. The number of likely N-dealkylation sites (N-methyl/N-ethyl adjacent to an activating group) is 1. The lowest BCUT2D eigenvalue weighted by atomic mass is 9.98. The van der Waals surface area contributed by atoms with Gasteiger partial charge in [0.15, 0.2) is 0 Å². The van der Waals surface area contributed by atoms with Crippen molar-refractivity contribution >= 4 is 23.9 Å². The molecule has 10 nitrogen and oxygen atoms in total. The van der Waals surface area contributed by atoms with Crippen molar-refractivity contribution in [3.8, 4) is 11.1 Å². The van der Waals surface area contributed by atoms with Gasteiger partial charge in [0, 0.05) is 57.4 Å². The van der Waals surface area contributed by atoms with E-state index in [1.165, 1.54) is 0 Å². The summed E-state index contributed by atoms with van der Waals surface area (Å²) in [5.74, 6) is -0.728. The zero-order valence-corrected chi connectivity index (χ0v) is 27.8. The molecule has 1 fully saturated rings. The molecule has 47 heavy (non-hydrogen) atoms. The molecule has 250 valence electrons. The van der Waals surface area contributed by atoms with Crippen LogP contribution in [0.4, 0.5) is 4.79 Å². The van der Waals surface area contributed by atoms with Crippen molar-refractivity contribution in [1.29, 1.82) is 0 Å². The minimum absolute atomic E-state index is 0.121. The highest BCUT2D eigenvalue weighted by Gasteiger charge is 2.24. The molecule has 0 aromatic heterocycles. The average molecular weight is 643 g/mol. The standard InChI is InChI=1S/C37H46N4O6/c1-37(2,3)47-36(45)39-20-19-38-34(43)29-14-10-15-30(25-29)35(44)40(4)23-24-41-21-17-31(18-22-41)46-33(42)26-28-13-8-9-16-32(28)27-11-6-5-7-12-27/h5-16,25,31H,17-24,26H2,1-4H3,(H,38,43)(H,39,45). The summed E-state index contributed by atoms with van der Waals surface area (Å²) < 4.78 is 11.0. The molecule has 0 bridgehead atoms. The lowest BCUT2D eigenvalue weighted by molar-refractivity contribution is -0.150. The van der Waals surface area contributed by atoms with Crippen molar-refractivity contribution in [1.82, 2.24) is 20.4 Å². The van der Waals surface area contributed by atoms with Crippen LogP contribution in [0, 0.1) is 0 Å². The SMILES string of the molecule is CN(CCN1CCC(OC(=O)Cc2ccccc2-c2ccccc2)CC1)C(=O)c1cccc(C(=O)NCCNC(=O)OC(C)(C)C)c1. The summed E-state index contributed by atoms with van der Waals surface area (Å²) in [6, 6.07) is 24.6. The number of alkyl carbamates (subject to hydrolysis) is 1. The number of hydrogen-bond acceptors (Lipinski definition) is 7. The van der Waals surface area contributed by atoms with Crippen LogP contribution >= 0.6 is 0 Å². The number of carbonyl (C=O) groups excluding carboxylic acids is 4. The van der Waals surface area contributed by atoms with Gasteiger partial charge in [-0.05, 0) is 68.5 Å². The van der Waals surface area contributed by atoms with Crippen LogP contribution in [0.3, 0.4) is 0 Å². The van der Waals surface area contributed by atoms with Gasteiger partial charge in [0.05, 0.1) is 6.42 Å². The van der Waals surface area contributed by atoms with Gasteiger partial charge < -0.3 is 29.9 Å². The van der Waals surface area contributed by atoms with E-state index in [4.69, 9.17) is 9.47 Å². The zero-order valence-electron chi connectivity index (χ0n) is 27.8. The van der Waals surface area contributed by atoms with Gasteiger partial charge in [-0.3, -0.25) is 14.4 Å². The quantitative estimate of drug-likeness (QED) is 0.213. The van der Waals surface area contributed by atoms with E-state index in [9.17, 15) is 19.2 Å². The van der Waals surface area contributed by atoms with E-state index >= 15 is 0 Å². The van der Waals surface area contributed by atoms with Crippen molar-refractivity contribution in [3.05, 3.63) is 95.6 Å². The summed E-state index contributed by atoms with van der Waals surface area (Å²) in [5.41, 5.74) is 3.25. The Morgan fingerprint density at radius 1 is 0.851 bits per heavy atom. The lowest BCUT2D eigenvalue weighted by Gasteiger charge is -2.32. The average Bonchev–Trinajstić information content (AvgIpc) is 3.05. The van der Waals surface area contributed by atoms with Gasteiger partial charge in [0.1, 0.15) is 11.7 Å². The number of rotatable bonds is 12. The monoisotopic (exact) mass is 642 g/mol. The number of nitrogens with zero attached hydrogens (tertiary/aromatic N) is 2. The first-order valence-corrected chi connectivity index (χ1v) is 16.1. The van der Waals surface area contributed by atoms with Gasteiger partial charge >= 0.3 is 12.1 Å². The zero-order chi connectivity index (χ0) is 33.8. The van der Waals surface area contributed by atoms with Crippen LogP contribution in [0.25, 0.3) is 11.1 Å². The highest BCUT2D eigenvalue weighted by Crippen LogP contribution is 2.24. The topological polar surface area (TPSA) is 117 Å². The molecule has 0 atom stereocenters. The number of hydrogen-bond donors (Lipinski definition) is 2. The Hall–Kier alpha value is -4.70. The second kappa shape index (κ2) is 16.7. The van der Waals surface area contributed by atoms with Crippen molar-refractivity contribution < 1.29 is 28.7 Å². The number of benzene rings is 3. The molecule has 1 aliphatic rings. The number of nitrogens with one attached hydrogen (secondary N) is 2. The molecule has 0 aliphatic carbocycles. The van der Waals surface area contributed by atoms with Gasteiger partial charge in [0.25, 0.3) is 11.8 Å². The first-order valence-electron chi connectivity index (χ1n) is 16.1. The minimum atomic E-state index is -0.599. The molecule has 4 rings (SSSR count). The third-order valence-electron chi connectivity index (χ3n) is 7.82. The third kappa shape index (κ3) is 11.2. The Balaban J connectivity index is 1.17. The molecule has 1 aliphatic heterocycles. The summed E-state index contributed by atoms with van der Waals surface area (Å²) in [7, 11) is 1.75. The van der Waals surface area contributed by atoms with Crippen LogP contribution in [0.2, 0.25) is 0 Å². The van der Waals surface area contributed by atoms with Gasteiger partial charge in [-0.2, -0.15) is 0 Å². The Bertz CT molecular complexity index is 1510. The minimum Gasteiger partial charge on any atom is -0.462 e. The summed E-state index contributed by atoms with van der Waals surface area (Å²) in [5, 5.41) is 5.34. The van der Waals surface area contributed by atoms with E-state index in [1.54, 1.807) is 57.0 Å². The van der Waals surface area contributed by atoms with E-state index in [2.05, 4.69) is 15.5 Å². The van der Waals surface area contributed by atoms with E-state index in [0.29, 0.717) is 24.2 Å². The maximum absolute atomic E-state index is 13.1.